The molecule has 0 N–H and O–H groups in total. The highest BCUT2D eigenvalue weighted by molar-refractivity contribution is 7.96. The Kier molecular flexibility index (Phi) is 8.23. The van der Waals surface area contributed by atoms with Gasteiger partial charge in [0.1, 0.15) is 5.60 Å². The molecule has 1 atom stereocenters. The highest BCUT2D eigenvalue weighted by Crippen LogP contribution is 2.26. The number of amides is 1. The quantitative estimate of drug-likeness (QED) is 0.351. The second-order valence-electron chi connectivity index (χ2n) is 10.6. The van der Waals surface area contributed by atoms with E-state index in [1.165, 1.54) is 0 Å². The van der Waals surface area contributed by atoms with Crippen LogP contribution in [0.5, 0.6) is 0 Å². The van der Waals surface area contributed by atoms with Gasteiger partial charge < -0.3 is 9.64 Å². The normalized spacial score (nSPS) is 15.3. The maximum Gasteiger partial charge on any atom is 0.410 e. The van der Waals surface area contributed by atoms with Crippen LogP contribution in [0.1, 0.15) is 52.1 Å². The van der Waals surface area contributed by atoms with E-state index in [9.17, 15) is 4.79 Å². The lowest BCUT2D eigenvalue weighted by Crippen LogP contribution is -2.42. The second-order valence-corrected chi connectivity index (χ2v) is 13.0. The van der Waals surface area contributed by atoms with Crippen molar-refractivity contribution in [1.29, 1.82) is 0 Å². The summed E-state index contributed by atoms with van der Waals surface area (Å²) in [6.07, 6.45) is 13.4. The lowest BCUT2D eigenvalue weighted by atomic mass is 10.1. The summed E-state index contributed by atoms with van der Waals surface area (Å²) in [4.78, 5) is 23.4. The minimum atomic E-state index is -0.480. The van der Waals surface area contributed by atoms with Gasteiger partial charge in [0.15, 0.2) is 11.1 Å². The first-order chi connectivity index (χ1) is 17.6. The molecule has 37 heavy (non-hydrogen) atoms. The van der Waals surface area contributed by atoms with Crippen LogP contribution < -0.4 is 0 Å². The van der Waals surface area contributed by atoms with E-state index in [1.54, 1.807) is 4.90 Å². The molecule has 1 aliphatic heterocycles. The first-order valence-corrected chi connectivity index (χ1v) is 14.7. The number of carbonyl (C=O) groups is 1. The fraction of sp³-hybridized carbons (Fsp3) is 0.448. The minimum absolute atomic E-state index is 0.243. The van der Waals surface area contributed by atoms with Gasteiger partial charge in [0, 0.05) is 53.9 Å². The Morgan fingerprint density at radius 1 is 1.08 bits per heavy atom. The van der Waals surface area contributed by atoms with Crippen LogP contribution in [-0.4, -0.2) is 67.2 Å². The zero-order chi connectivity index (χ0) is 26.6. The largest absolute Gasteiger partial charge is 0.444 e. The van der Waals surface area contributed by atoms with E-state index < -0.39 is 5.60 Å². The van der Waals surface area contributed by atoms with Gasteiger partial charge in [0.05, 0.1) is 24.8 Å². The average molecular weight is 519 g/mol. The summed E-state index contributed by atoms with van der Waals surface area (Å²) in [5, 5.41) is 4.97. The molecule has 194 valence electrons. The standard InChI is InChI=1S/C29H36N5O2S/c1-21(37(5)6)10-11-22-8-7-9-23(16-22)27-30-17-24(18-31-27)25-19-32-34(20-25)26-12-14-33(15-13-26)28(35)36-29(2,3)4/h7-9,16-21,26H,12-15H2,1-6H3/q+1/t21-/m1/s1. The smallest absolute Gasteiger partial charge is 0.410 e. The van der Waals surface area contributed by atoms with E-state index >= 15 is 0 Å². The molecular weight excluding hydrogens is 482 g/mol. The molecule has 0 bridgehead atoms. The molecule has 0 radical (unpaired) electrons. The predicted molar refractivity (Wildman–Crippen MR) is 150 cm³/mol. The van der Waals surface area contributed by atoms with E-state index in [2.05, 4.69) is 46.3 Å². The Labute approximate surface area is 223 Å². The van der Waals surface area contributed by atoms with Crippen molar-refractivity contribution in [3.05, 3.63) is 54.6 Å². The molecule has 0 aliphatic carbocycles. The van der Waals surface area contributed by atoms with Crippen molar-refractivity contribution in [3.63, 3.8) is 0 Å². The fourth-order valence-corrected chi connectivity index (χ4v) is 4.29. The summed E-state index contributed by atoms with van der Waals surface area (Å²) in [5.41, 5.74) is 3.34. The molecule has 3 heterocycles. The van der Waals surface area contributed by atoms with Gasteiger partial charge in [0.2, 0.25) is 0 Å². The van der Waals surface area contributed by atoms with Crippen LogP contribution in [0.4, 0.5) is 4.79 Å². The van der Waals surface area contributed by atoms with Gasteiger partial charge in [-0.05, 0) is 69.5 Å². The van der Waals surface area contributed by atoms with Gasteiger partial charge in [-0.15, -0.1) is 0 Å². The Balaban J connectivity index is 1.39. The molecule has 0 saturated carbocycles. The molecule has 0 unspecified atom stereocenters. The average Bonchev–Trinajstić information content (AvgIpc) is 3.37. The molecule has 4 rings (SSSR count). The molecule has 1 aromatic carbocycles. The van der Waals surface area contributed by atoms with Crippen molar-refractivity contribution in [2.45, 2.75) is 57.4 Å². The van der Waals surface area contributed by atoms with Gasteiger partial charge in [-0.1, -0.05) is 18.1 Å². The van der Waals surface area contributed by atoms with Crippen molar-refractivity contribution in [2.75, 3.05) is 25.6 Å². The van der Waals surface area contributed by atoms with E-state index in [-0.39, 0.29) is 23.0 Å². The number of likely N-dealkylation sites (tertiary alicyclic amines) is 1. The lowest BCUT2D eigenvalue weighted by molar-refractivity contribution is 0.0185. The Morgan fingerprint density at radius 2 is 1.78 bits per heavy atom. The lowest BCUT2D eigenvalue weighted by Gasteiger charge is -2.33. The number of aromatic nitrogens is 4. The molecule has 0 spiro atoms. The maximum atomic E-state index is 12.3. The van der Waals surface area contributed by atoms with Gasteiger partial charge in [-0.3, -0.25) is 4.68 Å². The zero-order valence-corrected chi connectivity index (χ0v) is 23.4. The van der Waals surface area contributed by atoms with Crippen LogP contribution in [0.2, 0.25) is 0 Å². The van der Waals surface area contributed by atoms with Crippen LogP contribution in [0, 0.1) is 11.8 Å². The number of nitrogens with zero attached hydrogens (tertiary/aromatic N) is 5. The number of ether oxygens (including phenoxy) is 1. The first kappa shape index (κ1) is 26.7. The highest BCUT2D eigenvalue weighted by atomic mass is 32.2. The van der Waals surface area contributed by atoms with Crippen LogP contribution in [0.15, 0.2) is 49.1 Å². The molecule has 2 aromatic heterocycles. The molecule has 1 amide bonds. The summed E-state index contributed by atoms with van der Waals surface area (Å²) in [5.74, 6) is 7.30. The zero-order valence-electron chi connectivity index (χ0n) is 22.6. The maximum absolute atomic E-state index is 12.3. The number of benzene rings is 1. The monoisotopic (exact) mass is 518 g/mol. The first-order valence-electron chi connectivity index (χ1n) is 12.6. The predicted octanol–water partition coefficient (Wildman–Crippen LogP) is 5.20. The van der Waals surface area contributed by atoms with Gasteiger partial charge >= 0.3 is 6.09 Å². The topological polar surface area (TPSA) is 73.1 Å². The molecule has 1 aliphatic rings. The molecule has 1 saturated heterocycles. The third-order valence-corrected chi connectivity index (χ3v) is 7.86. The number of hydrogen-bond acceptors (Lipinski definition) is 5. The summed E-state index contributed by atoms with van der Waals surface area (Å²) in [6, 6.07) is 8.32. The molecule has 7 nitrogen and oxygen atoms in total. The van der Waals surface area contributed by atoms with Gasteiger partial charge in [-0.25, -0.2) is 14.8 Å². The summed E-state index contributed by atoms with van der Waals surface area (Å²) >= 11 is 0. The van der Waals surface area contributed by atoms with Gasteiger partial charge in [-0.2, -0.15) is 5.10 Å². The van der Waals surface area contributed by atoms with Crippen molar-refractivity contribution in [3.8, 4) is 34.4 Å². The van der Waals surface area contributed by atoms with E-state index in [0.717, 1.165) is 35.1 Å². The Hall–Kier alpha value is -3.31. The van der Waals surface area contributed by atoms with Gasteiger partial charge in [0.25, 0.3) is 0 Å². The van der Waals surface area contributed by atoms with E-state index in [4.69, 9.17) is 4.74 Å². The molecule has 3 aromatic rings. The third kappa shape index (κ3) is 7.14. The number of rotatable bonds is 4. The third-order valence-electron chi connectivity index (χ3n) is 6.32. The Morgan fingerprint density at radius 3 is 2.43 bits per heavy atom. The molecule has 1 fully saturated rings. The van der Waals surface area contributed by atoms with Crippen molar-refractivity contribution < 1.29 is 9.53 Å². The second kappa shape index (κ2) is 11.4. The van der Waals surface area contributed by atoms with Crippen molar-refractivity contribution in [1.82, 2.24) is 24.6 Å². The number of hydrogen-bond donors (Lipinski definition) is 0. The molecule has 8 heteroatoms. The van der Waals surface area contributed by atoms with Crippen LogP contribution in [0.25, 0.3) is 22.5 Å². The van der Waals surface area contributed by atoms with E-state index in [0.29, 0.717) is 24.2 Å². The minimum Gasteiger partial charge on any atom is -0.444 e. The van der Waals surface area contributed by atoms with E-state index in [1.807, 2.05) is 74.5 Å². The van der Waals surface area contributed by atoms with Crippen molar-refractivity contribution >= 4 is 17.0 Å². The summed E-state index contributed by atoms with van der Waals surface area (Å²) in [7, 11) is 0.271. The fourth-order valence-electron chi connectivity index (χ4n) is 3.99. The Bertz CT molecular complexity index is 1280. The summed E-state index contributed by atoms with van der Waals surface area (Å²) in [6.45, 7) is 9.15. The van der Waals surface area contributed by atoms with Crippen LogP contribution >= 0.6 is 0 Å². The van der Waals surface area contributed by atoms with Crippen LogP contribution in [-0.2, 0) is 15.6 Å². The SMILES string of the molecule is C[C@H](C#Cc1cccc(-c2ncc(-c3cnn(C4CCN(C(=O)OC(C)(C)C)CC4)c3)cn2)c1)[S+](C)C. The summed E-state index contributed by atoms with van der Waals surface area (Å²) < 4.78 is 7.50. The number of piperidine rings is 1. The molecular formula is C29H36N5O2S+. The van der Waals surface area contributed by atoms with Crippen molar-refractivity contribution in [2.24, 2.45) is 0 Å². The van der Waals surface area contributed by atoms with Crippen LogP contribution in [0.3, 0.4) is 0 Å². The number of carbonyl (C=O) groups excluding carboxylic acids is 1. The highest BCUT2D eigenvalue weighted by Gasteiger charge is 2.28.